The SMILES string of the molecule is Cc1c(N2CC[C@@H]([C@H](C)NC(=O)OC(C)(C)C)C2)c(F)cc2c(OCCCC(=O)NN)cc(=O)n(C3CC3)c12. The zero-order valence-electron chi connectivity index (χ0n) is 23.4. The number of hydrazine groups is 1. The summed E-state index contributed by atoms with van der Waals surface area (Å²) in [5.74, 6) is 4.85. The average Bonchev–Trinajstić information content (AvgIpc) is 3.56. The molecule has 1 saturated heterocycles. The highest BCUT2D eigenvalue weighted by molar-refractivity contribution is 5.92. The highest BCUT2D eigenvalue weighted by atomic mass is 19.1. The lowest BCUT2D eigenvalue weighted by Gasteiger charge is -2.27. The summed E-state index contributed by atoms with van der Waals surface area (Å²) < 4.78 is 28.8. The van der Waals surface area contributed by atoms with Crippen molar-refractivity contribution in [3.05, 3.63) is 33.9 Å². The van der Waals surface area contributed by atoms with Gasteiger partial charge in [0, 0.05) is 43.0 Å². The molecule has 0 spiro atoms. The van der Waals surface area contributed by atoms with E-state index in [1.807, 2.05) is 39.5 Å². The summed E-state index contributed by atoms with van der Waals surface area (Å²) >= 11 is 0. The molecule has 2 aromatic rings. The molecule has 10 nitrogen and oxygen atoms in total. The molecule has 2 heterocycles. The molecule has 0 unspecified atom stereocenters. The van der Waals surface area contributed by atoms with Crippen molar-refractivity contribution in [3.8, 4) is 5.75 Å². The number of fused-ring (bicyclic) bond motifs is 1. The van der Waals surface area contributed by atoms with Gasteiger partial charge in [-0.2, -0.15) is 0 Å². The fraction of sp³-hybridized carbons (Fsp3) is 0.607. The number of hydrogen-bond acceptors (Lipinski definition) is 7. The van der Waals surface area contributed by atoms with E-state index in [-0.39, 0.29) is 48.3 Å². The van der Waals surface area contributed by atoms with Crippen LogP contribution in [0.4, 0.5) is 14.9 Å². The van der Waals surface area contributed by atoms with Gasteiger partial charge in [-0.15, -0.1) is 0 Å². The van der Waals surface area contributed by atoms with E-state index in [9.17, 15) is 14.4 Å². The maximum Gasteiger partial charge on any atom is 0.407 e. The monoisotopic (exact) mass is 545 g/mol. The summed E-state index contributed by atoms with van der Waals surface area (Å²) in [5.41, 5.74) is 3.15. The number of halogens is 1. The molecule has 2 fully saturated rings. The summed E-state index contributed by atoms with van der Waals surface area (Å²) in [4.78, 5) is 38.9. The van der Waals surface area contributed by atoms with Gasteiger partial charge in [-0.25, -0.2) is 15.0 Å². The van der Waals surface area contributed by atoms with Crippen LogP contribution in [0.2, 0.25) is 0 Å². The lowest BCUT2D eigenvalue weighted by atomic mass is 10.0. The minimum atomic E-state index is -0.587. The quantitative estimate of drug-likeness (QED) is 0.190. The molecule has 4 N–H and O–H groups in total. The zero-order chi connectivity index (χ0) is 28.5. The number of amides is 2. The van der Waals surface area contributed by atoms with E-state index >= 15 is 4.39 Å². The third-order valence-corrected chi connectivity index (χ3v) is 7.33. The predicted octanol–water partition coefficient (Wildman–Crippen LogP) is 3.67. The number of benzene rings is 1. The number of aryl methyl sites for hydroxylation is 1. The fourth-order valence-electron chi connectivity index (χ4n) is 5.32. The largest absolute Gasteiger partial charge is 0.493 e. The zero-order valence-corrected chi connectivity index (χ0v) is 23.4. The smallest absolute Gasteiger partial charge is 0.407 e. The van der Waals surface area contributed by atoms with Crippen LogP contribution < -0.4 is 31.8 Å². The van der Waals surface area contributed by atoms with Crippen LogP contribution in [0.1, 0.15) is 71.4 Å². The van der Waals surface area contributed by atoms with Gasteiger partial charge in [0.2, 0.25) is 5.91 Å². The van der Waals surface area contributed by atoms with Crippen molar-refractivity contribution in [3.63, 3.8) is 0 Å². The van der Waals surface area contributed by atoms with Crippen LogP contribution in [0.15, 0.2) is 16.9 Å². The number of nitrogens with one attached hydrogen (secondary N) is 2. The average molecular weight is 546 g/mol. The third kappa shape index (κ3) is 6.63. The predicted molar refractivity (Wildman–Crippen MR) is 147 cm³/mol. The van der Waals surface area contributed by atoms with Crippen LogP contribution in [-0.2, 0) is 9.53 Å². The van der Waals surface area contributed by atoms with E-state index in [2.05, 4.69) is 10.7 Å². The second kappa shape index (κ2) is 11.4. The molecule has 2 aliphatic rings. The Morgan fingerprint density at radius 2 is 1.95 bits per heavy atom. The fourth-order valence-corrected chi connectivity index (χ4v) is 5.32. The number of aromatic nitrogens is 1. The minimum absolute atomic E-state index is 0.0867. The van der Waals surface area contributed by atoms with Gasteiger partial charge in [0.1, 0.15) is 17.2 Å². The first-order valence-electron chi connectivity index (χ1n) is 13.6. The van der Waals surface area contributed by atoms with E-state index in [0.717, 1.165) is 19.3 Å². The molecular weight excluding hydrogens is 505 g/mol. The van der Waals surface area contributed by atoms with Crippen LogP contribution in [0, 0.1) is 18.7 Å². The van der Waals surface area contributed by atoms with Gasteiger partial charge in [-0.05, 0) is 77.8 Å². The summed E-state index contributed by atoms with van der Waals surface area (Å²) in [7, 11) is 0. The molecule has 11 heteroatoms. The van der Waals surface area contributed by atoms with Gasteiger partial charge in [0.15, 0.2) is 0 Å². The lowest BCUT2D eigenvalue weighted by Crippen LogP contribution is -2.42. The maximum atomic E-state index is 15.8. The van der Waals surface area contributed by atoms with Crippen LogP contribution in [0.3, 0.4) is 0 Å². The number of nitrogens with two attached hydrogens (primary N) is 1. The van der Waals surface area contributed by atoms with Gasteiger partial charge >= 0.3 is 6.09 Å². The molecule has 0 bridgehead atoms. The van der Waals surface area contributed by atoms with Gasteiger partial charge in [0.25, 0.3) is 5.56 Å². The van der Waals surface area contributed by atoms with Crippen LogP contribution in [-0.4, -0.2) is 47.9 Å². The van der Waals surface area contributed by atoms with Gasteiger partial charge in [0.05, 0.1) is 17.8 Å². The lowest BCUT2D eigenvalue weighted by molar-refractivity contribution is -0.121. The minimum Gasteiger partial charge on any atom is -0.493 e. The summed E-state index contributed by atoms with van der Waals surface area (Å²) in [6, 6.07) is 2.80. The van der Waals surface area contributed by atoms with E-state index < -0.39 is 11.7 Å². The molecule has 2 atom stereocenters. The Kier molecular flexibility index (Phi) is 8.39. The van der Waals surface area contributed by atoms with Gasteiger partial charge in [-0.3, -0.25) is 15.0 Å². The van der Waals surface area contributed by atoms with Gasteiger partial charge in [-0.1, -0.05) is 0 Å². The topological polar surface area (TPSA) is 128 Å². The Labute approximate surface area is 228 Å². The molecule has 39 heavy (non-hydrogen) atoms. The molecule has 1 aliphatic carbocycles. The normalized spacial score (nSPS) is 18.2. The maximum absolute atomic E-state index is 15.8. The molecule has 1 aromatic carbocycles. The molecule has 214 valence electrons. The van der Waals surface area contributed by atoms with Gasteiger partial charge < -0.3 is 24.3 Å². The van der Waals surface area contributed by atoms with Crippen LogP contribution in [0.25, 0.3) is 10.9 Å². The first-order valence-corrected chi connectivity index (χ1v) is 13.6. The molecule has 1 saturated carbocycles. The number of alkyl carbamates (subject to hydrolysis) is 1. The van der Waals surface area contributed by atoms with Crippen molar-refractivity contribution in [2.24, 2.45) is 11.8 Å². The van der Waals surface area contributed by atoms with E-state index in [1.165, 1.54) is 12.1 Å². The van der Waals surface area contributed by atoms with Crippen molar-refractivity contribution in [1.29, 1.82) is 0 Å². The number of ether oxygens (including phenoxy) is 2. The Morgan fingerprint density at radius 3 is 2.59 bits per heavy atom. The van der Waals surface area contributed by atoms with Crippen molar-refractivity contribution in [2.45, 2.75) is 84.4 Å². The Hall–Kier alpha value is -3.34. The number of carbonyl (C=O) groups is 2. The molecule has 4 rings (SSSR count). The summed E-state index contributed by atoms with van der Waals surface area (Å²) in [6.07, 6.45) is 2.70. The van der Waals surface area contributed by atoms with Crippen molar-refractivity contribution < 1.29 is 23.5 Å². The second-order valence-corrected chi connectivity index (χ2v) is 11.6. The number of rotatable bonds is 9. The highest BCUT2D eigenvalue weighted by Gasteiger charge is 2.34. The molecule has 2 amide bonds. The van der Waals surface area contributed by atoms with E-state index in [0.29, 0.717) is 47.4 Å². The molecule has 1 aromatic heterocycles. The Balaban J connectivity index is 1.60. The number of nitrogens with zero attached hydrogens (tertiary/aromatic N) is 2. The molecule has 0 radical (unpaired) electrons. The van der Waals surface area contributed by atoms with Crippen molar-refractivity contribution in [1.82, 2.24) is 15.3 Å². The summed E-state index contributed by atoms with van der Waals surface area (Å²) in [6.45, 7) is 10.6. The second-order valence-electron chi connectivity index (χ2n) is 11.6. The standard InChI is InChI=1S/C28H40FN5O5/c1-16-25-20(22(38-12-6-7-23(35)32-30)14-24(36)34(25)19-8-9-19)13-21(29)26(16)33-11-10-18(15-33)17(2)31-27(37)39-28(3,4)5/h13-14,17-19H,6-12,15,30H2,1-5H3,(H,31,37)(H,32,35)/t17-,18+/m0/s1. The Morgan fingerprint density at radius 1 is 1.23 bits per heavy atom. The highest BCUT2D eigenvalue weighted by Crippen LogP contribution is 2.42. The van der Waals surface area contributed by atoms with Crippen LogP contribution >= 0.6 is 0 Å². The number of pyridine rings is 1. The first-order chi connectivity index (χ1) is 18.4. The van der Waals surface area contributed by atoms with Crippen molar-refractivity contribution in [2.75, 3.05) is 24.6 Å². The van der Waals surface area contributed by atoms with Crippen molar-refractivity contribution >= 4 is 28.6 Å². The number of hydrogen-bond donors (Lipinski definition) is 3. The Bertz CT molecular complexity index is 1300. The number of anilines is 1. The molecule has 1 aliphatic heterocycles. The molecular formula is C28H40FN5O5. The van der Waals surface area contributed by atoms with Crippen LogP contribution in [0.5, 0.6) is 5.75 Å². The first kappa shape index (κ1) is 28.7. The third-order valence-electron chi connectivity index (χ3n) is 7.33. The summed E-state index contributed by atoms with van der Waals surface area (Å²) in [5, 5.41) is 3.46. The van der Waals surface area contributed by atoms with E-state index in [1.54, 1.807) is 4.57 Å². The number of carbonyl (C=O) groups excluding carboxylic acids is 2. The van der Waals surface area contributed by atoms with E-state index in [4.69, 9.17) is 15.3 Å².